The molecule has 0 fully saturated rings. The Morgan fingerprint density at radius 1 is 1.44 bits per heavy atom. The number of nitrogen functional groups attached to an aromatic ring is 1. The highest BCUT2D eigenvalue weighted by molar-refractivity contribution is 5.59. The van der Waals surface area contributed by atoms with Gasteiger partial charge in [0.2, 0.25) is 5.82 Å². The molecule has 0 unspecified atom stereocenters. The molecule has 0 bridgehead atoms. The lowest BCUT2D eigenvalue weighted by Gasteiger charge is -2.10. The van der Waals surface area contributed by atoms with E-state index in [2.05, 4.69) is 15.2 Å². The summed E-state index contributed by atoms with van der Waals surface area (Å²) in [5.74, 6) is 0.515. The van der Waals surface area contributed by atoms with Crippen molar-refractivity contribution in [2.45, 2.75) is 12.8 Å². The predicted octanol–water partition coefficient (Wildman–Crippen LogP) is 1.33. The summed E-state index contributed by atoms with van der Waals surface area (Å²) in [6, 6.07) is 2.79. The van der Waals surface area contributed by atoms with Crippen LogP contribution in [0.2, 0.25) is 0 Å². The molecule has 0 atom stereocenters. The standard InChI is InChI=1S/C11H19N5O2/c1-15(2)8-4-3-7-13-11-9(16(17)18)5-6-10(12)14-11/h5-6H,3-4,7-8H2,1-2H3,(H3,12,13,14). The molecule has 1 rings (SSSR count). The number of hydrogen-bond acceptors (Lipinski definition) is 6. The fourth-order valence-corrected chi connectivity index (χ4v) is 1.50. The fourth-order valence-electron chi connectivity index (χ4n) is 1.50. The average Bonchev–Trinajstić information content (AvgIpc) is 2.27. The molecule has 1 aromatic rings. The molecule has 0 saturated heterocycles. The molecule has 1 aromatic heterocycles. The molecule has 7 heteroatoms. The van der Waals surface area contributed by atoms with Gasteiger partial charge in [-0.05, 0) is 39.5 Å². The Hall–Kier alpha value is -1.89. The van der Waals surface area contributed by atoms with Crippen LogP contribution in [-0.2, 0) is 0 Å². The molecule has 0 amide bonds. The molecule has 100 valence electrons. The lowest BCUT2D eigenvalue weighted by molar-refractivity contribution is -0.384. The Kier molecular flexibility index (Phi) is 5.31. The number of anilines is 2. The molecule has 0 aliphatic heterocycles. The summed E-state index contributed by atoms with van der Waals surface area (Å²) < 4.78 is 0. The van der Waals surface area contributed by atoms with E-state index in [9.17, 15) is 10.1 Å². The largest absolute Gasteiger partial charge is 0.384 e. The van der Waals surface area contributed by atoms with Gasteiger partial charge in [-0.3, -0.25) is 10.1 Å². The van der Waals surface area contributed by atoms with Crippen molar-refractivity contribution in [1.82, 2.24) is 9.88 Å². The van der Waals surface area contributed by atoms with Gasteiger partial charge in [0.15, 0.2) is 0 Å². The van der Waals surface area contributed by atoms with Crippen LogP contribution in [0.3, 0.4) is 0 Å². The van der Waals surface area contributed by atoms with E-state index in [4.69, 9.17) is 5.73 Å². The zero-order valence-electron chi connectivity index (χ0n) is 10.7. The monoisotopic (exact) mass is 253 g/mol. The summed E-state index contributed by atoms with van der Waals surface area (Å²) in [6.07, 6.45) is 1.95. The molecule has 1 heterocycles. The van der Waals surface area contributed by atoms with E-state index in [1.165, 1.54) is 12.1 Å². The van der Waals surface area contributed by atoms with Gasteiger partial charge in [-0.15, -0.1) is 0 Å². The Balaban J connectivity index is 2.50. The smallest absolute Gasteiger partial charge is 0.311 e. The van der Waals surface area contributed by atoms with Crippen molar-refractivity contribution in [3.8, 4) is 0 Å². The van der Waals surface area contributed by atoms with E-state index in [0.29, 0.717) is 6.54 Å². The van der Waals surface area contributed by atoms with Gasteiger partial charge in [-0.1, -0.05) is 0 Å². The van der Waals surface area contributed by atoms with Crippen molar-refractivity contribution in [2.75, 3.05) is 38.2 Å². The molecule has 0 aliphatic rings. The average molecular weight is 253 g/mol. The first-order chi connectivity index (χ1) is 8.50. The Morgan fingerprint density at radius 3 is 2.78 bits per heavy atom. The van der Waals surface area contributed by atoms with Gasteiger partial charge >= 0.3 is 5.69 Å². The highest BCUT2D eigenvalue weighted by atomic mass is 16.6. The minimum Gasteiger partial charge on any atom is -0.384 e. The molecule has 0 saturated carbocycles. The summed E-state index contributed by atoms with van der Waals surface area (Å²) in [5.41, 5.74) is 5.47. The van der Waals surface area contributed by atoms with Gasteiger partial charge in [0.05, 0.1) is 4.92 Å². The van der Waals surface area contributed by atoms with Crippen LogP contribution in [0.4, 0.5) is 17.3 Å². The van der Waals surface area contributed by atoms with Crippen LogP contribution in [0.25, 0.3) is 0 Å². The number of pyridine rings is 1. The van der Waals surface area contributed by atoms with E-state index in [0.717, 1.165) is 19.4 Å². The third-order valence-electron chi connectivity index (χ3n) is 2.42. The number of rotatable bonds is 7. The summed E-state index contributed by atoms with van der Waals surface area (Å²) in [6.45, 7) is 1.64. The van der Waals surface area contributed by atoms with Gasteiger partial charge in [0, 0.05) is 12.6 Å². The van der Waals surface area contributed by atoms with Crippen molar-refractivity contribution in [1.29, 1.82) is 0 Å². The Morgan fingerprint density at radius 2 is 2.17 bits per heavy atom. The maximum absolute atomic E-state index is 10.8. The quantitative estimate of drug-likeness (QED) is 0.432. The molecule has 7 nitrogen and oxygen atoms in total. The van der Waals surface area contributed by atoms with E-state index < -0.39 is 4.92 Å². The molecular weight excluding hydrogens is 234 g/mol. The third-order valence-corrected chi connectivity index (χ3v) is 2.42. The first-order valence-electron chi connectivity index (χ1n) is 5.80. The predicted molar refractivity (Wildman–Crippen MR) is 71.6 cm³/mol. The first kappa shape index (κ1) is 14.2. The van der Waals surface area contributed by atoms with Crippen LogP contribution >= 0.6 is 0 Å². The minimum atomic E-state index is -0.464. The summed E-state index contributed by atoms with van der Waals surface area (Å²) in [4.78, 5) is 16.4. The second-order valence-corrected chi connectivity index (χ2v) is 4.30. The highest BCUT2D eigenvalue weighted by Crippen LogP contribution is 2.22. The van der Waals surface area contributed by atoms with Crippen LogP contribution in [-0.4, -0.2) is 42.0 Å². The molecule has 0 spiro atoms. The van der Waals surface area contributed by atoms with Gasteiger partial charge in [-0.25, -0.2) is 4.98 Å². The number of hydrogen-bond donors (Lipinski definition) is 2. The maximum Gasteiger partial charge on any atom is 0.311 e. The second-order valence-electron chi connectivity index (χ2n) is 4.30. The van der Waals surface area contributed by atoms with Crippen molar-refractivity contribution < 1.29 is 4.92 Å². The number of nitrogens with two attached hydrogens (primary N) is 1. The molecule has 3 N–H and O–H groups in total. The van der Waals surface area contributed by atoms with Crippen molar-refractivity contribution in [3.05, 3.63) is 22.2 Å². The van der Waals surface area contributed by atoms with Crippen molar-refractivity contribution >= 4 is 17.3 Å². The molecule has 18 heavy (non-hydrogen) atoms. The van der Waals surface area contributed by atoms with Crippen LogP contribution in [0, 0.1) is 10.1 Å². The maximum atomic E-state index is 10.8. The fraction of sp³-hybridized carbons (Fsp3) is 0.545. The lowest BCUT2D eigenvalue weighted by Crippen LogP contribution is -2.14. The third kappa shape index (κ3) is 4.54. The molecular formula is C11H19N5O2. The number of unbranched alkanes of at least 4 members (excludes halogenated alkanes) is 1. The van der Waals surface area contributed by atoms with Crippen LogP contribution in [0.5, 0.6) is 0 Å². The van der Waals surface area contributed by atoms with Crippen LogP contribution < -0.4 is 11.1 Å². The summed E-state index contributed by atoms with van der Waals surface area (Å²) in [5, 5.41) is 13.7. The van der Waals surface area contributed by atoms with E-state index in [-0.39, 0.29) is 17.3 Å². The van der Waals surface area contributed by atoms with Gasteiger partial charge in [0.25, 0.3) is 0 Å². The molecule has 0 aromatic carbocycles. The first-order valence-corrected chi connectivity index (χ1v) is 5.80. The number of nitrogens with zero attached hydrogens (tertiary/aromatic N) is 3. The molecule has 0 radical (unpaired) electrons. The van der Waals surface area contributed by atoms with Crippen molar-refractivity contribution in [2.24, 2.45) is 0 Å². The van der Waals surface area contributed by atoms with Crippen molar-refractivity contribution in [3.63, 3.8) is 0 Å². The highest BCUT2D eigenvalue weighted by Gasteiger charge is 2.14. The summed E-state index contributed by atoms with van der Waals surface area (Å²) >= 11 is 0. The summed E-state index contributed by atoms with van der Waals surface area (Å²) in [7, 11) is 4.02. The van der Waals surface area contributed by atoms with E-state index in [1.54, 1.807) is 0 Å². The normalized spacial score (nSPS) is 10.6. The minimum absolute atomic E-state index is 0.0446. The molecule has 0 aliphatic carbocycles. The van der Waals surface area contributed by atoms with Gasteiger partial charge in [-0.2, -0.15) is 0 Å². The van der Waals surface area contributed by atoms with Crippen LogP contribution in [0.15, 0.2) is 12.1 Å². The van der Waals surface area contributed by atoms with E-state index in [1.807, 2.05) is 14.1 Å². The number of aromatic nitrogens is 1. The topological polar surface area (TPSA) is 97.3 Å². The zero-order valence-corrected chi connectivity index (χ0v) is 10.7. The lowest BCUT2D eigenvalue weighted by atomic mass is 10.3. The van der Waals surface area contributed by atoms with Crippen LogP contribution in [0.1, 0.15) is 12.8 Å². The zero-order chi connectivity index (χ0) is 13.5. The Labute approximate surface area is 106 Å². The number of nitrogens with one attached hydrogen (secondary N) is 1. The van der Waals surface area contributed by atoms with Gasteiger partial charge < -0.3 is 16.0 Å². The number of nitro groups is 1. The van der Waals surface area contributed by atoms with Gasteiger partial charge in [0.1, 0.15) is 5.82 Å². The second kappa shape index (κ2) is 6.75. The SMILES string of the molecule is CN(C)CCCCNc1nc(N)ccc1[N+](=O)[O-]. The van der Waals surface area contributed by atoms with E-state index >= 15 is 0 Å². The Bertz CT molecular complexity index is 408.